The molecule has 0 unspecified atom stereocenters. The van der Waals surface area contributed by atoms with Crippen molar-refractivity contribution in [1.82, 2.24) is 15.2 Å². The fourth-order valence-corrected chi connectivity index (χ4v) is 2.37. The summed E-state index contributed by atoms with van der Waals surface area (Å²) < 4.78 is 11.6. The third-order valence-electron chi connectivity index (χ3n) is 3.74. The predicted octanol–water partition coefficient (Wildman–Crippen LogP) is 2.90. The van der Waals surface area contributed by atoms with Crippen molar-refractivity contribution >= 4 is 12.2 Å². The summed E-state index contributed by atoms with van der Waals surface area (Å²) >= 11 is 0. The minimum atomic E-state index is -0.360. The average Bonchev–Trinajstić information content (AvgIpc) is 2.69. The Bertz CT molecular complexity index is 999. The van der Waals surface area contributed by atoms with Crippen LogP contribution in [0.5, 0.6) is 11.5 Å². The van der Waals surface area contributed by atoms with Crippen LogP contribution in [0.1, 0.15) is 23.6 Å². The number of nitrogens with zero attached hydrogens (tertiary/aromatic N) is 3. The van der Waals surface area contributed by atoms with Gasteiger partial charge in [-0.15, -0.1) is 10.2 Å². The summed E-state index contributed by atoms with van der Waals surface area (Å²) in [6.07, 6.45) is 2.66. The van der Waals surface area contributed by atoms with Gasteiger partial charge in [-0.1, -0.05) is 29.8 Å². The van der Waals surface area contributed by atoms with Crippen LogP contribution in [-0.4, -0.2) is 28.0 Å². The summed E-state index contributed by atoms with van der Waals surface area (Å²) in [6.45, 7) is 4.93. The lowest BCUT2D eigenvalue weighted by Crippen LogP contribution is -2.10. The Hall–Kier alpha value is -3.68. The molecule has 0 atom stereocenters. The van der Waals surface area contributed by atoms with Crippen molar-refractivity contribution in [2.45, 2.75) is 20.5 Å². The fourth-order valence-electron chi connectivity index (χ4n) is 2.37. The highest BCUT2D eigenvalue weighted by Crippen LogP contribution is 2.29. The topological polar surface area (TPSA) is 101 Å². The summed E-state index contributed by atoms with van der Waals surface area (Å²) in [5.41, 5.74) is 5.35. The van der Waals surface area contributed by atoms with Crippen molar-refractivity contribution in [3.63, 3.8) is 0 Å². The van der Waals surface area contributed by atoms with Crippen molar-refractivity contribution in [2.75, 3.05) is 12.0 Å². The lowest BCUT2D eigenvalue weighted by Gasteiger charge is -2.12. The van der Waals surface area contributed by atoms with Gasteiger partial charge in [-0.25, -0.2) is 5.43 Å². The van der Waals surface area contributed by atoms with Crippen molar-refractivity contribution in [3.8, 4) is 11.5 Å². The van der Waals surface area contributed by atoms with E-state index >= 15 is 0 Å². The molecule has 8 nitrogen and oxygen atoms in total. The first-order valence-corrected chi connectivity index (χ1v) is 8.80. The van der Waals surface area contributed by atoms with E-state index in [0.717, 1.165) is 17.3 Å². The van der Waals surface area contributed by atoms with E-state index in [4.69, 9.17) is 9.47 Å². The van der Waals surface area contributed by atoms with Gasteiger partial charge in [-0.2, -0.15) is 5.10 Å². The number of rotatable bonds is 8. The molecule has 2 aromatic carbocycles. The molecule has 0 fully saturated rings. The van der Waals surface area contributed by atoms with E-state index in [1.54, 1.807) is 6.21 Å². The van der Waals surface area contributed by atoms with Crippen LogP contribution in [-0.2, 0) is 6.61 Å². The van der Waals surface area contributed by atoms with Gasteiger partial charge in [-0.05, 0) is 43.2 Å². The number of aromatic nitrogens is 3. The Morgan fingerprint density at radius 1 is 1.14 bits per heavy atom. The number of anilines is 1. The van der Waals surface area contributed by atoms with Gasteiger partial charge < -0.3 is 9.47 Å². The normalized spacial score (nSPS) is 10.8. The standard InChI is InChI=1S/C20H21N5O3/c1-3-27-18-10-16(11-21-24-20-23-19(26)12-22-25-20)8-9-17(18)28-13-15-6-4-14(2)5-7-15/h4-12H,3,13H2,1-2H3,(H2,23,24,25,26)/b21-11+. The zero-order valence-electron chi connectivity index (χ0n) is 15.7. The van der Waals surface area contributed by atoms with Gasteiger partial charge in [0.15, 0.2) is 11.5 Å². The second-order valence-electron chi connectivity index (χ2n) is 5.97. The van der Waals surface area contributed by atoms with Gasteiger partial charge in [0, 0.05) is 0 Å². The van der Waals surface area contributed by atoms with Crippen LogP contribution in [0.3, 0.4) is 0 Å². The summed E-state index contributed by atoms with van der Waals surface area (Å²) in [5, 5.41) is 11.3. The third kappa shape index (κ3) is 5.41. The molecule has 1 heterocycles. The molecule has 2 N–H and O–H groups in total. The number of aryl methyl sites for hydroxylation is 1. The van der Waals surface area contributed by atoms with Crippen molar-refractivity contribution in [3.05, 3.63) is 75.7 Å². The zero-order chi connectivity index (χ0) is 19.8. The van der Waals surface area contributed by atoms with Crippen LogP contribution in [0.2, 0.25) is 0 Å². The maximum Gasteiger partial charge on any atom is 0.271 e. The number of aromatic amines is 1. The molecule has 144 valence electrons. The van der Waals surface area contributed by atoms with Gasteiger partial charge in [0.25, 0.3) is 5.56 Å². The molecule has 3 rings (SSSR count). The van der Waals surface area contributed by atoms with E-state index in [1.165, 1.54) is 5.56 Å². The predicted molar refractivity (Wildman–Crippen MR) is 107 cm³/mol. The van der Waals surface area contributed by atoms with Crippen LogP contribution in [0.15, 0.2) is 58.6 Å². The van der Waals surface area contributed by atoms with Gasteiger partial charge in [-0.3, -0.25) is 9.78 Å². The smallest absolute Gasteiger partial charge is 0.271 e. The number of ether oxygens (including phenoxy) is 2. The molecular weight excluding hydrogens is 358 g/mol. The summed E-state index contributed by atoms with van der Waals surface area (Å²) in [6, 6.07) is 13.7. The van der Waals surface area contributed by atoms with Crippen molar-refractivity contribution in [1.29, 1.82) is 0 Å². The number of nitrogens with one attached hydrogen (secondary N) is 2. The second-order valence-corrected chi connectivity index (χ2v) is 5.97. The van der Waals surface area contributed by atoms with Crippen LogP contribution in [0.4, 0.5) is 5.95 Å². The van der Waals surface area contributed by atoms with E-state index in [2.05, 4.69) is 44.8 Å². The van der Waals surface area contributed by atoms with Crippen LogP contribution >= 0.6 is 0 Å². The molecule has 0 aliphatic carbocycles. The Balaban J connectivity index is 1.68. The molecule has 0 spiro atoms. The number of hydrogen-bond acceptors (Lipinski definition) is 7. The van der Waals surface area contributed by atoms with Gasteiger partial charge in [0.2, 0.25) is 5.95 Å². The number of benzene rings is 2. The Kier molecular flexibility index (Phi) is 6.35. The fraction of sp³-hybridized carbons (Fsp3) is 0.200. The highest BCUT2D eigenvalue weighted by molar-refractivity contribution is 5.81. The van der Waals surface area contributed by atoms with Gasteiger partial charge in [0.1, 0.15) is 12.8 Å². The quantitative estimate of drug-likeness (QED) is 0.461. The van der Waals surface area contributed by atoms with Crippen molar-refractivity contribution in [2.24, 2.45) is 5.10 Å². The Labute approximate surface area is 162 Å². The molecule has 8 heteroatoms. The third-order valence-corrected chi connectivity index (χ3v) is 3.74. The molecule has 0 saturated heterocycles. The molecule has 0 amide bonds. The molecule has 28 heavy (non-hydrogen) atoms. The summed E-state index contributed by atoms with van der Waals surface area (Å²) in [5.74, 6) is 1.45. The highest BCUT2D eigenvalue weighted by atomic mass is 16.5. The zero-order valence-corrected chi connectivity index (χ0v) is 15.7. The first-order chi connectivity index (χ1) is 13.6. The summed E-state index contributed by atoms with van der Waals surface area (Å²) in [4.78, 5) is 13.6. The number of hydrogen-bond donors (Lipinski definition) is 2. The van der Waals surface area contributed by atoms with E-state index in [-0.39, 0.29) is 11.5 Å². The number of hydrazone groups is 1. The minimum Gasteiger partial charge on any atom is -0.490 e. The lowest BCUT2D eigenvalue weighted by molar-refractivity contribution is 0.269. The van der Waals surface area contributed by atoms with Gasteiger partial charge in [0.05, 0.1) is 12.8 Å². The average molecular weight is 379 g/mol. The van der Waals surface area contributed by atoms with Crippen LogP contribution < -0.4 is 20.5 Å². The maximum absolute atomic E-state index is 11.2. The second kappa shape index (κ2) is 9.31. The molecule has 0 radical (unpaired) electrons. The van der Waals surface area contributed by atoms with E-state index in [0.29, 0.717) is 24.7 Å². The van der Waals surface area contributed by atoms with Crippen LogP contribution in [0, 0.1) is 6.92 Å². The first-order valence-electron chi connectivity index (χ1n) is 8.80. The largest absolute Gasteiger partial charge is 0.490 e. The monoisotopic (exact) mass is 379 g/mol. The molecule has 0 aliphatic rings. The molecule has 0 bridgehead atoms. The van der Waals surface area contributed by atoms with E-state index in [9.17, 15) is 4.79 Å². The van der Waals surface area contributed by atoms with E-state index in [1.807, 2.05) is 37.3 Å². The maximum atomic E-state index is 11.2. The summed E-state index contributed by atoms with van der Waals surface area (Å²) in [7, 11) is 0. The number of H-pyrrole nitrogens is 1. The molecule has 0 saturated carbocycles. The SMILES string of the molecule is CCOc1cc(/C=N/Nc2nncc(=O)[nH]2)ccc1OCc1ccc(C)cc1. The van der Waals surface area contributed by atoms with Gasteiger partial charge >= 0.3 is 0 Å². The minimum absolute atomic E-state index is 0.159. The molecule has 0 aliphatic heterocycles. The van der Waals surface area contributed by atoms with Crippen molar-refractivity contribution < 1.29 is 9.47 Å². The lowest BCUT2D eigenvalue weighted by atomic mass is 10.2. The Morgan fingerprint density at radius 2 is 1.96 bits per heavy atom. The molecular formula is C20H21N5O3. The van der Waals surface area contributed by atoms with Crippen LogP contribution in [0.25, 0.3) is 0 Å². The molecule has 3 aromatic rings. The Morgan fingerprint density at radius 3 is 2.71 bits per heavy atom. The highest BCUT2D eigenvalue weighted by Gasteiger charge is 2.06. The van der Waals surface area contributed by atoms with E-state index < -0.39 is 0 Å². The molecule has 1 aromatic heterocycles. The first kappa shape index (κ1) is 19.1.